The number of hydrogen-bond donors (Lipinski definition) is 2. The smallest absolute Gasteiger partial charge is 0.259 e. The minimum absolute atomic E-state index is 0.133. The van der Waals surface area contributed by atoms with E-state index in [0.29, 0.717) is 31.6 Å². The standard InChI is InChI=1S/C21H23N3O5S/c1-3-11-24(12-4-2)30(28,29)16-8-5-14(6-9-16)19(25)22-15-7-10-17-18(13-15)21(27)23-20(17)26/h5-10,13H,3-4,11-12H2,1-2H3,(H,22,25)(H,23,26,27). The van der Waals surface area contributed by atoms with Gasteiger partial charge in [-0.1, -0.05) is 13.8 Å². The molecular weight excluding hydrogens is 406 g/mol. The molecule has 1 heterocycles. The summed E-state index contributed by atoms with van der Waals surface area (Å²) in [5, 5.41) is 4.85. The summed E-state index contributed by atoms with van der Waals surface area (Å²) in [7, 11) is -3.62. The number of nitrogens with zero attached hydrogens (tertiary/aromatic N) is 1. The minimum atomic E-state index is -3.62. The summed E-state index contributed by atoms with van der Waals surface area (Å²) < 4.78 is 27.1. The molecule has 0 radical (unpaired) electrons. The number of anilines is 1. The van der Waals surface area contributed by atoms with Crippen LogP contribution < -0.4 is 10.6 Å². The van der Waals surface area contributed by atoms with Gasteiger partial charge in [-0.25, -0.2) is 8.42 Å². The van der Waals surface area contributed by atoms with E-state index >= 15 is 0 Å². The average Bonchev–Trinajstić information content (AvgIpc) is 3.01. The highest BCUT2D eigenvalue weighted by molar-refractivity contribution is 7.89. The maximum Gasteiger partial charge on any atom is 0.259 e. The van der Waals surface area contributed by atoms with Gasteiger partial charge in [0.05, 0.1) is 16.0 Å². The Balaban J connectivity index is 1.76. The first-order chi connectivity index (χ1) is 14.3. The number of imide groups is 1. The van der Waals surface area contributed by atoms with Gasteiger partial charge in [0.25, 0.3) is 17.7 Å². The van der Waals surface area contributed by atoms with Gasteiger partial charge in [0, 0.05) is 24.3 Å². The lowest BCUT2D eigenvalue weighted by atomic mass is 10.1. The lowest BCUT2D eigenvalue weighted by Crippen LogP contribution is -2.32. The van der Waals surface area contributed by atoms with Crippen molar-refractivity contribution in [3.63, 3.8) is 0 Å². The molecule has 0 saturated carbocycles. The molecule has 2 N–H and O–H groups in total. The molecule has 30 heavy (non-hydrogen) atoms. The van der Waals surface area contributed by atoms with Crippen molar-refractivity contribution in [2.75, 3.05) is 18.4 Å². The van der Waals surface area contributed by atoms with E-state index in [1.807, 2.05) is 13.8 Å². The number of nitrogens with one attached hydrogen (secondary N) is 2. The molecule has 2 aromatic rings. The van der Waals surface area contributed by atoms with Crippen LogP contribution in [0.2, 0.25) is 0 Å². The van der Waals surface area contributed by atoms with E-state index in [0.717, 1.165) is 0 Å². The molecule has 9 heteroatoms. The normalized spacial score (nSPS) is 13.3. The Kier molecular flexibility index (Phi) is 6.33. The van der Waals surface area contributed by atoms with Crippen LogP contribution in [0, 0.1) is 0 Å². The maximum absolute atomic E-state index is 12.8. The predicted octanol–water partition coefficient (Wildman–Crippen LogP) is 2.63. The van der Waals surface area contributed by atoms with E-state index in [4.69, 9.17) is 0 Å². The fourth-order valence-corrected chi connectivity index (χ4v) is 4.85. The largest absolute Gasteiger partial charge is 0.322 e. The molecule has 0 atom stereocenters. The summed E-state index contributed by atoms with van der Waals surface area (Å²) >= 11 is 0. The molecule has 0 spiro atoms. The van der Waals surface area contributed by atoms with Crippen LogP contribution in [0.5, 0.6) is 0 Å². The second-order valence-corrected chi connectivity index (χ2v) is 8.86. The quantitative estimate of drug-likeness (QED) is 0.627. The van der Waals surface area contributed by atoms with Crippen molar-refractivity contribution in [2.45, 2.75) is 31.6 Å². The van der Waals surface area contributed by atoms with Gasteiger partial charge in [0.2, 0.25) is 10.0 Å². The first kappa shape index (κ1) is 21.7. The Morgan fingerprint density at radius 2 is 1.53 bits per heavy atom. The van der Waals surface area contributed by atoms with Crippen molar-refractivity contribution < 1.29 is 22.8 Å². The molecule has 1 aliphatic rings. The van der Waals surface area contributed by atoms with E-state index in [2.05, 4.69) is 10.6 Å². The van der Waals surface area contributed by atoms with Crippen LogP contribution in [-0.4, -0.2) is 43.5 Å². The van der Waals surface area contributed by atoms with Crippen molar-refractivity contribution in [3.05, 3.63) is 59.2 Å². The topological polar surface area (TPSA) is 113 Å². The lowest BCUT2D eigenvalue weighted by Gasteiger charge is -2.21. The van der Waals surface area contributed by atoms with Crippen LogP contribution in [0.25, 0.3) is 0 Å². The maximum atomic E-state index is 12.8. The van der Waals surface area contributed by atoms with E-state index in [9.17, 15) is 22.8 Å². The first-order valence-electron chi connectivity index (χ1n) is 9.69. The summed E-state index contributed by atoms with van der Waals surface area (Å²) in [5.74, 6) is -1.43. The Hall–Kier alpha value is -3.04. The van der Waals surface area contributed by atoms with Gasteiger partial charge in [-0.15, -0.1) is 0 Å². The van der Waals surface area contributed by atoms with E-state index in [1.54, 1.807) is 0 Å². The molecule has 0 unspecified atom stereocenters. The number of benzene rings is 2. The average molecular weight is 429 g/mol. The van der Waals surface area contributed by atoms with E-state index in [1.165, 1.54) is 46.8 Å². The fourth-order valence-electron chi connectivity index (χ4n) is 3.23. The van der Waals surface area contributed by atoms with Gasteiger partial charge in [-0.2, -0.15) is 4.31 Å². The zero-order valence-corrected chi connectivity index (χ0v) is 17.6. The van der Waals surface area contributed by atoms with Crippen molar-refractivity contribution in [1.29, 1.82) is 0 Å². The van der Waals surface area contributed by atoms with E-state index in [-0.39, 0.29) is 21.6 Å². The second-order valence-electron chi connectivity index (χ2n) is 6.93. The Labute approximate surface area is 175 Å². The molecule has 0 bridgehead atoms. The summed E-state index contributed by atoms with van der Waals surface area (Å²) in [6.45, 7) is 4.72. The van der Waals surface area contributed by atoms with Crippen LogP contribution in [0.1, 0.15) is 57.8 Å². The van der Waals surface area contributed by atoms with Crippen molar-refractivity contribution in [1.82, 2.24) is 9.62 Å². The monoisotopic (exact) mass is 429 g/mol. The van der Waals surface area contributed by atoms with Crippen LogP contribution in [0.3, 0.4) is 0 Å². The summed E-state index contributed by atoms with van der Waals surface area (Å²) in [5.41, 5.74) is 1.09. The third kappa shape index (κ3) is 4.27. The molecule has 0 aliphatic carbocycles. The van der Waals surface area contributed by atoms with Crippen molar-refractivity contribution >= 4 is 33.4 Å². The molecule has 2 aromatic carbocycles. The highest BCUT2D eigenvalue weighted by atomic mass is 32.2. The Bertz CT molecular complexity index is 1090. The van der Waals surface area contributed by atoms with Gasteiger partial charge in [0.15, 0.2) is 0 Å². The second kappa shape index (κ2) is 8.76. The van der Waals surface area contributed by atoms with Crippen molar-refractivity contribution in [2.24, 2.45) is 0 Å². The molecular formula is C21H23N3O5S. The van der Waals surface area contributed by atoms with Crippen LogP contribution in [-0.2, 0) is 10.0 Å². The molecule has 0 aromatic heterocycles. The number of hydrogen-bond acceptors (Lipinski definition) is 5. The minimum Gasteiger partial charge on any atom is -0.322 e. The molecule has 1 aliphatic heterocycles. The number of carbonyl (C=O) groups is 3. The number of fused-ring (bicyclic) bond motifs is 1. The van der Waals surface area contributed by atoms with Crippen molar-refractivity contribution in [3.8, 4) is 0 Å². The molecule has 8 nitrogen and oxygen atoms in total. The highest BCUT2D eigenvalue weighted by Crippen LogP contribution is 2.22. The number of amides is 3. The molecule has 158 valence electrons. The third-order valence-corrected chi connectivity index (χ3v) is 6.61. The van der Waals surface area contributed by atoms with E-state index < -0.39 is 27.7 Å². The number of rotatable bonds is 8. The molecule has 0 saturated heterocycles. The molecule has 3 rings (SSSR count). The van der Waals surface area contributed by atoms with Crippen LogP contribution >= 0.6 is 0 Å². The van der Waals surface area contributed by atoms with Gasteiger partial charge in [-0.05, 0) is 55.3 Å². The third-order valence-electron chi connectivity index (χ3n) is 4.69. The van der Waals surface area contributed by atoms with Gasteiger partial charge >= 0.3 is 0 Å². The molecule has 0 fully saturated rings. The zero-order valence-electron chi connectivity index (χ0n) is 16.8. The predicted molar refractivity (Wildman–Crippen MR) is 112 cm³/mol. The Morgan fingerprint density at radius 1 is 0.933 bits per heavy atom. The molecule has 3 amide bonds. The zero-order chi connectivity index (χ0) is 21.9. The van der Waals surface area contributed by atoms with Gasteiger partial charge in [-0.3, -0.25) is 19.7 Å². The lowest BCUT2D eigenvalue weighted by molar-refractivity contribution is 0.0878. The fraction of sp³-hybridized carbons (Fsp3) is 0.286. The summed E-state index contributed by atoms with van der Waals surface area (Å²) in [6.07, 6.45) is 1.42. The SMILES string of the molecule is CCCN(CCC)S(=O)(=O)c1ccc(C(=O)Nc2ccc3c(c2)C(=O)NC3=O)cc1. The number of sulfonamides is 1. The van der Waals surface area contributed by atoms with Gasteiger partial charge < -0.3 is 5.32 Å². The number of carbonyl (C=O) groups excluding carboxylic acids is 3. The first-order valence-corrected chi connectivity index (χ1v) is 11.1. The van der Waals surface area contributed by atoms with Crippen LogP contribution in [0.15, 0.2) is 47.4 Å². The highest BCUT2D eigenvalue weighted by Gasteiger charge is 2.27. The Morgan fingerprint density at radius 3 is 2.13 bits per heavy atom. The van der Waals surface area contributed by atoms with Crippen LogP contribution in [0.4, 0.5) is 5.69 Å². The summed E-state index contributed by atoms with van der Waals surface area (Å²) in [6, 6.07) is 10.1. The summed E-state index contributed by atoms with van der Waals surface area (Å²) in [4.78, 5) is 36.0. The van der Waals surface area contributed by atoms with Gasteiger partial charge in [0.1, 0.15) is 0 Å².